The molecule has 3 unspecified atom stereocenters. The Bertz CT molecular complexity index is 203. The Kier molecular flexibility index (Phi) is 3.93. The minimum atomic E-state index is -0.438. The fourth-order valence-electron chi connectivity index (χ4n) is 1.83. The van der Waals surface area contributed by atoms with Crippen molar-refractivity contribution in [3.8, 4) is 0 Å². The minimum Gasteiger partial charge on any atom is -0.391 e. The van der Waals surface area contributed by atoms with E-state index in [1.165, 1.54) is 0 Å². The molecule has 82 valence electrons. The molecule has 0 saturated carbocycles. The first-order valence-electron chi connectivity index (χ1n) is 5.50. The van der Waals surface area contributed by atoms with Crippen LogP contribution in [0.4, 0.5) is 0 Å². The average molecular weight is 199 g/mol. The van der Waals surface area contributed by atoms with Crippen LogP contribution in [-0.4, -0.2) is 34.6 Å². The van der Waals surface area contributed by atoms with Crippen molar-refractivity contribution in [2.75, 3.05) is 6.54 Å². The predicted molar refractivity (Wildman–Crippen MR) is 55.9 cm³/mol. The van der Waals surface area contributed by atoms with Crippen LogP contribution in [-0.2, 0) is 4.79 Å². The first-order valence-corrected chi connectivity index (χ1v) is 5.50. The first-order chi connectivity index (χ1) is 6.52. The maximum absolute atomic E-state index is 11.7. The van der Waals surface area contributed by atoms with Gasteiger partial charge in [0.05, 0.1) is 12.1 Å². The zero-order valence-electron chi connectivity index (χ0n) is 9.36. The quantitative estimate of drug-likeness (QED) is 0.730. The fourth-order valence-corrected chi connectivity index (χ4v) is 1.83. The van der Waals surface area contributed by atoms with Crippen molar-refractivity contribution in [2.24, 2.45) is 5.92 Å². The van der Waals surface area contributed by atoms with E-state index in [4.69, 9.17) is 0 Å². The van der Waals surface area contributed by atoms with Gasteiger partial charge in [-0.1, -0.05) is 6.92 Å². The van der Waals surface area contributed by atoms with Crippen LogP contribution in [0, 0.1) is 5.92 Å². The molecule has 1 fully saturated rings. The number of carbonyl (C=O) groups excluding carboxylic acids is 1. The van der Waals surface area contributed by atoms with Gasteiger partial charge in [-0.25, -0.2) is 0 Å². The Balaban J connectivity index is 2.62. The second-order valence-electron chi connectivity index (χ2n) is 4.50. The number of likely N-dealkylation sites (tertiary alicyclic amines) is 1. The van der Waals surface area contributed by atoms with E-state index < -0.39 is 6.10 Å². The maximum Gasteiger partial charge on any atom is 0.222 e. The SMILES string of the molecule is CC1CCC(=O)N(C(C)C(C)O)CC1. The molecule has 1 aliphatic heterocycles. The largest absolute Gasteiger partial charge is 0.391 e. The highest BCUT2D eigenvalue weighted by molar-refractivity contribution is 5.76. The molecular weight excluding hydrogens is 178 g/mol. The molecule has 0 bridgehead atoms. The molecule has 0 spiro atoms. The molecule has 1 rings (SSSR count). The highest BCUT2D eigenvalue weighted by Crippen LogP contribution is 2.20. The van der Waals surface area contributed by atoms with Crippen molar-refractivity contribution in [1.29, 1.82) is 0 Å². The van der Waals surface area contributed by atoms with Crippen molar-refractivity contribution in [1.82, 2.24) is 4.90 Å². The van der Waals surface area contributed by atoms with Gasteiger partial charge < -0.3 is 10.0 Å². The second kappa shape index (κ2) is 4.78. The van der Waals surface area contributed by atoms with Crippen molar-refractivity contribution in [3.63, 3.8) is 0 Å². The molecule has 0 aromatic heterocycles. The number of carbonyl (C=O) groups is 1. The smallest absolute Gasteiger partial charge is 0.222 e. The van der Waals surface area contributed by atoms with Crippen LogP contribution in [0.3, 0.4) is 0 Å². The van der Waals surface area contributed by atoms with Gasteiger partial charge in [-0.15, -0.1) is 0 Å². The summed E-state index contributed by atoms with van der Waals surface area (Å²) in [5, 5.41) is 9.45. The van der Waals surface area contributed by atoms with E-state index in [-0.39, 0.29) is 11.9 Å². The summed E-state index contributed by atoms with van der Waals surface area (Å²) in [5.41, 5.74) is 0. The van der Waals surface area contributed by atoms with Gasteiger partial charge in [-0.05, 0) is 32.6 Å². The molecule has 3 atom stereocenters. The second-order valence-corrected chi connectivity index (χ2v) is 4.50. The van der Waals surface area contributed by atoms with Crippen LogP contribution in [0.2, 0.25) is 0 Å². The number of rotatable bonds is 2. The van der Waals surface area contributed by atoms with E-state index in [1.54, 1.807) is 6.92 Å². The standard InChI is InChI=1S/C11H21NO2/c1-8-4-5-11(14)12(7-6-8)9(2)10(3)13/h8-10,13H,4-7H2,1-3H3. The normalized spacial score (nSPS) is 28.4. The van der Waals surface area contributed by atoms with Crippen molar-refractivity contribution < 1.29 is 9.90 Å². The summed E-state index contributed by atoms with van der Waals surface area (Å²) in [6.07, 6.45) is 2.25. The summed E-state index contributed by atoms with van der Waals surface area (Å²) in [4.78, 5) is 13.5. The molecule has 0 aliphatic carbocycles. The zero-order valence-corrected chi connectivity index (χ0v) is 9.36. The number of aliphatic hydroxyl groups is 1. The molecule has 1 aliphatic rings. The summed E-state index contributed by atoms with van der Waals surface area (Å²) in [7, 11) is 0. The van der Waals surface area contributed by atoms with Gasteiger partial charge in [0.25, 0.3) is 0 Å². The average Bonchev–Trinajstić information content (AvgIpc) is 2.28. The molecule has 0 aromatic carbocycles. The maximum atomic E-state index is 11.7. The van der Waals surface area contributed by atoms with Crippen molar-refractivity contribution >= 4 is 5.91 Å². The third-order valence-corrected chi connectivity index (χ3v) is 3.22. The molecular formula is C11H21NO2. The van der Waals surface area contributed by atoms with Crippen molar-refractivity contribution in [3.05, 3.63) is 0 Å². The Labute approximate surface area is 86.1 Å². The summed E-state index contributed by atoms with van der Waals surface area (Å²) in [6.45, 7) is 6.64. The van der Waals surface area contributed by atoms with Crippen LogP contribution >= 0.6 is 0 Å². The van der Waals surface area contributed by atoms with Gasteiger partial charge in [0.1, 0.15) is 0 Å². The van der Waals surface area contributed by atoms with E-state index in [0.29, 0.717) is 12.3 Å². The highest BCUT2D eigenvalue weighted by Gasteiger charge is 2.26. The Hall–Kier alpha value is -0.570. The van der Waals surface area contributed by atoms with E-state index in [2.05, 4.69) is 6.92 Å². The van der Waals surface area contributed by atoms with Crippen LogP contribution < -0.4 is 0 Å². The summed E-state index contributed by atoms with van der Waals surface area (Å²) < 4.78 is 0. The van der Waals surface area contributed by atoms with Crippen LogP contribution in [0.5, 0.6) is 0 Å². The van der Waals surface area contributed by atoms with E-state index >= 15 is 0 Å². The van der Waals surface area contributed by atoms with Gasteiger partial charge in [-0.2, -0.15) is 0 Å². The minimum absolute atomic E-state index is 0.0483. The molecule has 3 heteroatoms. The lowest BCUT2D eigenvalue weighted by Gasteiger charge is -2.30. The molecule has 1 heterocycles. The third-order valence-electron chi connectivity index (χ3n) is 3.22. The monoisotopic (exact) mass is 199 g/mol. The van der Waals surface area contributed by atoms with Gasteiger partial charge in [-0.3, -0.25) is 4.79 Å². The molecule has 0 radical (unpaired) electrons. The lowest BCUT2D eigenvalue weighted by atomic mass is 10.0. The summed E-state index contributed by atoms with van der Waals surface area (Å²) >= 11 is 0. The van der Waals surface area contributed by atoms with Crippen molar-refractivity contribution in [2.45, 2.75) is 52.2 Å². The molecule has 0 aromatic rings. The zero-order chi connectivity index (χ0) is 10.7. The van der Waals surface area contributed by atoms with E-state index in [9.17, 15) is 9.90 Å². The molecule has 1 amide bonds. The number of aliphatic hydroxyl groups excluding tert-OH is 1. The van der Waals surface area contributed by atoms with Gasteiger partial charge in [0, 0.05) is 13.0 Å². The summed E-state index contributed by atoms with van der Waals surface area (Å²) in [5.74, 6) is 0.827. The number of hydrogen-bond donors (Lipinski definition) is 1. The lowest BCUT2D eigenvalue weighted by molar-refractivity contribution is -0.134. The topological polar surface area (TPSA) is 40.5 Å². The predicted octanol–water partition coefficient (Wildman–Crippen LogP) is 1.40. The first kappa shape index (κ1) is 11.5. The van der Waals surface area contributed by atoms with Crippen LogP contribution in [0.15, 0.2) is 0 Å². The molecule has 1 N–H and O–H groups in total. The molecule has 3 nitrogen and oxygen atoms in total. The Morgan fingerprint density at radius 3 is 2.64 bits per heavy atom. The number of nitrogens with zero attached hydrogens (tertiary/aromatic N) is 1. The van der Waals surface area contributed by atoms with Gasteiger partial charge in [0.2, 0.25) is 5.91 Å². The van der Waals surface area contributed by atoms with Crippen LogP contribution in [0.1, 0.15) is 40.0 Å². The molecule has 14 heavy (non-hydrogen) atoms. The Morgan fingerprint density at radius 2 is 2.07 bits per heavy atom. The number of hydrogen-bond acceptors (Lipinski definition) is 2. The lowest BCUT2D eigenvalue weighted by Crippen LogP contribution is -2.44. The summed E-state index contributed by atoms with van der Waals surface area (Å²) in [6, 6.07) is -0.0483. The van der Waals surface area contributed by atoms with E-state index in [1.807, 2.05) is 11.8 Å². The number of amides is 1. The fraction of sp³-hybridized carbons (Fsp3) is 0.909. The van der Waals surface area contributed by atoms with Crippen LogP contribution in [0.25, 0.3) is 0 Å². The Morgan fingerprint density at radius 1 is 1.43 bits per heavy atom. The third kappa shape index (κ3) is 2.71. The molecule has 1 saturated heterocycles. The van der Waals surface area contributed by atoms with E-state index in [0.717, 1.165) is 19.4 Å². The highest BCUT2D eigenvalue weighted by atomic mass is 16.3. The van der Waals surface area contributed by atoms with Gasteiger partial charge >= 0.3 is 0 Å². The van der Waals surface area contributed by atoms with Gasteiger partial charge in [0.15, 0.2) is 0 Å².